The Morgan fingerprint density at radius 3 is 2.71 bits per heavy atom. The maximum absolute atomic E-state index is 13.5. The van der Waals surface area contributed by atoms with Crippen molar-refractivity contribution in [2.45, 2.75) is 27.2 Å². The molecule has 2 aromatic rings. The number of halogens is 1. The number of nitrogens with zero attached hydrogens (tertiary/aromatic N) is 1. The van der Waals surface area contributed by atoms with Crippen molar-refractivity contribution >= 4 is 16.6 Å². The molecule has 1 N–H and O–H groups in total. The molecule has 0 spiro atoms. The van der Waals surface area contributed by atoms with Gasteiger partial charge in [0.05, 0.1) is 5.52 Å². The molecule has 0 radical (unpaired) electrons. The molecule has 0 aliphatic rings. The predicted octanol–water partition coefficient (Wildman–Crippen LogP) is 3.81. The molecule has 2 rings (SSSR count). The summed E-state index contributed by atoms with van der Waals surface area (Å²) in [5.41, 5.74) is 3.31. The van der Waals surface area contributed by atoms with Gasteiger partial charge in [0, 0.05) is 29.4 Å². The molecule has 0 bridgehead atoms. The second-order valence-corrected chi connectivity index (χ2v) is 4.36. The maximum atomic E-state index is 13.5. The Labute approximate surface area is 101 Å². The Kier molecular flexibility index (Phi) is 3.27. The van der Waals surface area contributed by atoms with Gasteiger partial charge < -0.3 is 5.32 Å². The third kappa shape index (κ3) is 2.38. The fourth-order valence-electron chi connectivity index (χ4n) is 1.89. The van der Waals surface area contributed by atoms with E-state index in [-0.39, 0.29) is 5.82 Å². The summed E-state index contributed by atoms with van der Waals surface area (Å²) in [6.45, 7) is 6.73. The summed E-state index contributed by atoms with van der Waals surface area (Å²) in [6.07, 6.45) is 1.06. The highest BCUT2D eigenvalue weighted by Crippen LogP contribution is 2.25. The SMILES string of the molecule is CCCNc1cc(C)nc2cc(F)c(C)cc12. The van der Waals surface area contributed by atoms with Crippen LogP contribution in [0.5, 0.6) is 0 Å². The van der Waals surface area contributed by atoms with Crippen LogP contribution >= 0.6 is 0 Å². The fraction of sp³-hybridized carbons (Fsp3) is 0.357. The number of aryl methyl sites for hydroxylation is 2. The monoisotopic (exact) mass is 232 g/mol. The summed E-state index contributed by atoms with van der Waals surface area (Å²) in [6, 6.07) is 5.37. The smallest absolute Gasteiger partial charge is 0.128 e. The van der Waals surface area contributed by atoms with Crippen LogP contribution in [0.1, 0.15) is 24.6 Å². The van der Waals surface area contributed by atoms with E-state index in [0.717, 1.165) is 29.7 Å². The second-order valence-electron chi connectivity index (χ2n) is 4.36. The van der Waals surface area contributed by atoms with Gasteiger partial charge in [0.25, 0.3) is 0 Å². The van der Waals surface area contributed by atoms with E-state index in [4.69, 9.17) is 0 Å². The minimum absolute atomic E-state index is 0.197. The number of pyridine rings is 1. The van der Waals surface area contributed by atoms with Crippen molar-refractivity contribution in [1.82, 2.24) is 4.98 Å². The average Bonchev–Trinajstić information content (AvgIpc) is 2.28. The molecule has 0 saturated carbocycles. The first-order chi connectivity index (χ1) is 8.11. The highest BCUT2D eigenvalue weighted by Gasteiger charge is 2.07. The number of hydrogen-bond donors (Lipinski definition) is 1. The third-order valence-electron chi connectivity index (χ3n) is 2.78. The van der Waals surface area contributed by atoms with Crippen molar-refractivity contribution in [3.8, 4) is 0 Å². The number of benzene rings is 1. The first-order valence-corrected chi connectivity index (χ1v) is 5.93. The number of nitrogens with one attached hydrogen (secondary N) is 1. The molecular formula is C14H17FN2. The summed E-state index contributed by atoms with van der Waals surface area (Å²) < 4.78 is 13.5. The van der Waals surface area contributed by atoms with Crippen LogP contribution in [0, 0.1) is 19.7 Å². The highest BCUT2D eigenvalue weighted by atomic mass is 19.1. The van der Waals surface area contributed by atoms with E-state index in [2.05, 4.69) is 17.2 Å². The molecular weight excluding hydrogens is 215 g/mol. The summed E-state index contributed by atoms with van der Waals surface area (Å²) in [5.74, 6) is -0.197. The van der Waals surface area contributed by atoms with E-state index in [1.165, 1.54) is 6.07 Å². The highest BCUT2D eigenvalue weighted by molar-refractivity contribution is 5.92. The zero-order chi connectivity index (χ0) is 12.4. The zero-order valence-electron chi connectivity index (χ0n) is 10.5. The van der Waals surface area contributed by atoms with Crippen LogP contribution < -0.4 is 5.32 Å². The molecule has 1 aromatic heterocycles. The van der Waals surface area contributed by atoms with Gasteiger partial charge in [0.2, 0.25) is 0 Å². The first kappa shape index (κ1) is 11.8. The van der Waals surface area contributed by atoms with Gasteiger partial charge in [0.15, 0.2) is 0 Å². The molecule has 0 saturated heterocycles. The molecule has 90 valence electrons. The van der Waals surface area contributed by atoms with Gasteiger partial charge in [-0.1, -0.05) is 6.92 Å². The normalized spacial score (nSPS) is 10.8. The third-order valence-corrected chi connectivity index (χ3v) is 2.78. The van der Waals surface area contributed by atoms with Gasteiger partial charge in [-0.2, -0.15) is 0 Å². The quantitative estimate of drug-likeness (QED) is 0.870. The van der Waals surface area contributed by atoms with Crippen molar-refractivity contribution in [3.05, 3.63) is 35.3 Å². The van der Waals surface area contributed by atoms with E-state index in [0.29, 0.717) is 11.1 Å². The van der Waals surface area contributed by atoms with Crippen molar-refractivity contribution < 1.29 is 4.39 Å². The van der Waals surface area contributed by atoms with E-state index >= 15 is 0 Å². The van der Waals surface area contributed by atoms with Crippen LogP contribution in [0.4, 0.5) is 10.1 Å². The Balaban J connectivity index is 2.61. The van der Waals surface area contributed by atoms with E-state index < -0.39 is 0 Å². The molecule has 0 aliphatic carbocycles. The van der Waals surface area contributed by atoms with Crippen LogP contribution in [0.25, 0.3) is 10.9 Å². The molecule has 3 heteroatoms. The lowest BCUT2D eigenvalue weighted by Gasteiger charge is -2.11. The maximum Gasteiger partial charge on any atom is 0.128 e. The molecule has 2 nitrogen and oxygen atoms in total. The number of anilines is 1. The van der Waals surface area contributed by atoms with Gasteiger partial charge in [0.1, 0.15) is 5.82 Å². The number of rotatable bonds is 3. The predicted molar refractivity (Wildman–Crippen MR) is 70.0 cm³/mol. The average molecular weight is 232 g/mol. The summed E-state index contributed by atoms with van der Waals surface area (Å²) in [7, 11) is 0. The molecule has 0 fully saturated rings. The van der Waals surface area contributed by atoms with E-state index in [1.807, 2.05) is 19.1 Å². The number of hydrogen-bond acceptors (Lipinski definition) is 2. The van der Waals surface area contributed by atoms with Crippen molar-refractivity contribution in [2.75, 3.05) is 11.9 Å². The summed E-state index contributed by atoms with van der Waals surface area (Å²) in [5, 5.41) is 4.35. The molecule has 0 amide bonds. The minimum atomic E-state index is -0.197. The van der Waals surface area contributed by atoms with Crippen LogP contribution in [-0.4, -0.2) is 11.5 Å². The Morgan fingerprint density at radius 1 is 1.24 bits per heavy atom. The lowest BCUT2D eigenvalue weighted by molar-refractivity contribution is 0.620. The van der Waals surface area contributed by atoms with Gasteiger partial charge in [-0.25, -0.2) is 4.39 Å². The summed E-state index contributed by atoms with van der Waals surface area (Å²) in [4.78, 5) is 4.37. The van der Waals surface area contributed by atoms with Gasteiger partial charge >= 0.3 is 0 Å². The molecule has 0 unspecified atom stereocenters. The van der Waals surface area contributed by atoms with Crippen molar-refractivity contribution in [1.29, 1.82) is 0 Å². The van der Waals surface area contributed by atoms with Crippen LogP contribution in [0.3, 0.4) is 0 Å². The number of aromatic nitrogens is 1. The Morgan fingerprint density at radius 2 is 2.00 bits per heavy atom. The van der Waals surface area contributed by atoms with Crippen molar-refractivity contribution in [2.24, 2.45) is 0 Å². The van der Waals surface area contributed by atoms with Gasteiger partial charge in [-0.15, -0.1) is 0 Å². The number of fused-ring (bicyclic) bond motifs is 1. The molecule has 0 atom stereocenters. The Bertz CT molecular complexity index is 549. The van der Waals surface area contributed by atoms with Gasteiger partial charge in [-0.05, 0) is 38.0 Å². The minimum Gasteiger partial charge on any atom is -0.384 e. The largest absolute Gasteiger partial charge is 0.384 e. The summed E-state index contributed by atoms with van der Waals surface area (Å²) >= 11 is 0. The molecule has 17 heavy (non-hydrogen) atoms. The standard InChI is InChI=1S/C14H17FN2/c1-4-5-16-13-7-10(3)17-14-8-12(15)9(2)6-11(13)14/h6-8H,4-5H2,1-3H3,(H,16,17). The lowest BCUT2D eigenvalue weighted by Crippen LogP contribution is -2.02. The topological polar surface area (TPSA) is 24.9 Å². The second kappa shape index (κ2) is 4.70. The van der Waals surface area contributed by atoms with Crippen LogP contribution in [-0.2, 0) is 0 Å². The molecule has 1 aromatic carbocycles. The first-order valence-electron chi connectivity index (χ1n) is 5.93. The fourth-order valence-corrected chi connectivity index (χ4v) is 1.89. The molecule has 0 aliphatic heterocycles. The lowest BCUT2D eigenvalue weighted by atomic mass is 10.1. The Hall–Kier alpha value is -1.64. The molecule has 1 heterocycles. The van der Waals surface area contributed by atoms with Crippen LogP contribution in [0.2, 0.25) is 0 Å². The van der Waals surface area contributed by atoms with Crippen LogP contribution in [0.15, 0.2) is 18.2 Å². The van der Waals surface area contributed by atoms with Crippen molar-refractivity contribution in [3.63, 3.8) is 0 Å². The van der Waals surface area contributed by atoms with E-state index in [1.54, 1.807) is 6.92 Å². The zero-order valence-corrected chi connectivity index (χ0v) is 10.5. The van der Waals surface area contributed by atoms with E-state index in [9.17, 15) is 4.39 Å². The van der Waals surface area contributed by atoms with Gasteiger partial charge in [-0.3, -0.25) is 4.98 Å².